The predicted octanol–water partition coefficient (Wildman–Crippen LogP) is 0.780. The van der Waals surface area contributed by atoms with Crippen LogP contribution in [0.3, 0.4) is 0 Å². The zero-order valence-electron chi connectivity index (χ0n) is 10.4. The summed E-state index contributed by atoms with van der Waals surface area (Å²) in [6.07, 6.45) is 1.90. The van der Waals surface area contributed by atoms with Gasteiger partial charge in [-0.1, -0.05) is 6.07 Å². The first-order valence-electron chi connectivity index (χ1n) is 5.93. The Morgan fingerprint density at radius 2 is 2.28 bits per heavy atom. The molecule has 1 saturated carbocycles. The third-order valence-corrected chi connectivity index (χ3v) is 3.42. The molecule has 1 aromatic rings. The van der Waals surface area contributed by atoms with Gasteiger partial charge in [-0.05, 0) is 25.0 Å². The van der Waals surface area contributed by atoms with Crippen LogP contribution in [0.4, 0.5) is 5.69 Å². The number of nitrogen functional groups attached to an aromatic ring is 1. The predicted molar refractivity (Wildman–Crippen MR) is 68.5 cm³/mol. The van der Waals surface area contributed by atoms with Crippen molar-refractivity contribution in [2.75, 3.05) is 26.0 Å². The summed E-state index contributed by atoms with van der Waals surface area (Å²) >= 11 is 0. The average molecular weight is 250 g/mol. The third-order valence-electron chi connectivity index (χ3n) is 3.42. The van der Waals surface area contributed by atoms with Gasteiger partial charge in [0.25, 0.3) is 5.91 Å². The smallest absolute Gasteiger partial charge is 0.257 e. The summed E-state index contributed by atoms with van der Waals surface area (Å²) in [7, 11) is 1.50. The van der Waals surface area contributed by atoms with Crippen molar-refractivity contribution in [3.8, 4) is 5.75 Å². The van der Waals surface area contributed by atoms with Crippen LogP contribution in [0.2, 0.25) is 0 Å². The van der Waals surface area contributed by atoms with E-state index in [1.165, 1.54) is 7.11 Å². The van der Waals surface area contributed by atoms with E-state index in [1.54, 1.807) is 18.2 Å². The van der Waals surface area contributed by atoms with Crippen molar-refractivity contribution in [3.63, 3.8) is 0 Å². The number of aliphatic hydroxyl groups excluding tert-OH is 1. The number of nitrogens with one attached hydrogen (secondary N) is 1. The second kappa shape index (κ2) is 4.86. The molecule has 2 rings (SSSR count). The number of methoxy groups -OCH3 is 1. The van der Waals surface area contributed by atoms with Crippen LogP contribution in [0, 0.1) is 5.41 Å². The van der Waals surface area contributed by atoms with Crippen LogP contribution in [0.5, 0.6) is 5.75 Å². The molecule has 1 amide bonds. The number of amides is 1. The Morgan fingerprint density at radius 3 is 2.83 bits per heavy atom. The molecule has 18 heavy (non-hydrogen) atoms. The van der Waals surface area contributed by atoms with E-state index in [9.17, 15) is 9.90 Å². The van der Waals surface area contributed by atoms with Gasteiger partial charge in [0.15, 0.2) is 0 Å². The van der Waals surface area contributed by atoms with Crippen LogP contribution < -0.4 is 15.8 Å². The molecule has 1 fully saturated rings. The highest BCUT2D eigenvalue weighted by Gasteiger charge is 2.42. The van der Waals surface area contributed by atoms with Crippen molar-refractivity contribution in [2.24, 2.45) is 5.41 Å². The van der Waals surface area contributed by atoms with Crippen molar-refractivity contribution in [1.82, 2.24) is 5.32 Å². The number of hydrogen-bond donors (Lipinski definition) is 3. The van der Waals surface area contributed by atoms with E-state index in [0.717, 1.165) is 12.8 Å². The number of rotatable bonds is 5. The van der Waals surface area contributed by atoms with E-state index in [-0.39, 0.29) is 17.9 Å². The van der Waals surface area contributed by atoms with Gasteiger partial charge in [-0.15, -0.1) is 0 Å². The maximum atomic E-state index is 12.1. The van der Waals surface area contributed by atoms with E-state index in [0.29, 0.717) is 23.5 Å². The first-order valence-corrected chi connectivity index (χ1v) is 5.93. The number of anilines is 1. The maximum Gasteiger partial charge on any atom is 0.257 e. The molecule has 5 nitrogen and oxygen atoms in total. The lowest BCUT2D eigenvalue weighted by Crippen LogP contribution is -2.32. The molecule has 4 N–H and O–H groups in total. The molecule has 0 aliphatic heterocycles. The van der Waals surface area contributed by atoms with E-state index in [2.05, 4.69) is 5.32 Å². The number of carbonyl (C=O) groups excluding carboxylic acids is 1. The van der Waals surface area contributed by atoms with E-state index >= 15 is 0 Å². The van der Waals surface area contributed by atoms with Gasteiger partial charge in [-0.3, -0.25) is 4.79 Å². The molecule has 0 saturated heterocycles. The molecular formula is C13H18N2O3. The molecule has 5 heteroatoms. The van der Waals surface area contributed by atoms with Gasteiger partial charge in [-0.2, -0.15) is 0 Å². The highest BCUT2D eigenvalue weighted by molar-refractivity contribution is 6.01. The zero-order valence-corrected chi connectivity index (χ0v) is 10.4. The van der Waals surface area contributed by atoms with Gasteiger partial charge in [0, 0.05) is 17.6 Å². The Labute approximate surface area is 106 Å². The fourth-order valence-corrected chi connectivity index (χ4v) is 1.88. The maximum absolute atomic E-state index is 12.1. The number of benzene rings is 1. The van der Waals surface area contributed by atoms with Crippen LogP contribution >= 0.6 is 0 Å². The molecule has 0 unspecified atom stereocenters. The Morgan fingerprint density at radius 1 is 1.56 bits per heavy atom. The third kappa shape index (κ3) is 2.41. The van der Waals surface area contributed by atoms with Crippen molar-refractivity contribution in [2.45, 2.75) is 12.8 Å². The number of hydrogen-bond acceptors (Lipinski definition) is 4. The van der Waals surface area contributed by atoms with Crippen LogP contribution in [0.15, 0.2) is 18.2 Å². The summed E-state index contributed by atoms with van der Waals surface area (Å²) in [4.78, 5) is 12.1. The molecule has 0 heterocycles. The molecule has 1 aliphatic rings. The Bertz CT molecular complexity index is 456. The van der Waals surface area contributed by atoms with Crippen LogP contribution in [-0.2, 0) is 0 Å². The first-order chi connectivity index (χ1) is 8.62. The summed E-state index contributed by atoms with van der Waals surface area (Å²) < 4.78 is 5.13. The van der Waals surface area contributed by atoms with Gasteiger partial charge >= 0.3 is 0 Å². The van der Waals surface area contributed by atoms with Gasteiger partial charge in [0.2, 0.25) is 0 Å². The van der Waals surface area contributed by atoms with Crippen LogP contribution in [0.1, 0.15) is 23.2 Å². The van der Waals surface area contributed by atoms with Crippen molar-refractivity contribution >= 4 is 11.6 Å². The quantitative estimate of drug-likeness (QED) is 0.674. The largest absolute Gasteiger partial charge is 0.496 e. The minimum absolute atomic E-state index is 0.106. The number of ether oxygens (including phenoxy) is 1. The second-order valence-electron chi connectivity index (χ2n) is 4.77. The van der Waals surface area contributed by atoms with Crippen LogP contribution in [-0.4, -0.2) is 31.3 Å². The van der Waals surface area contributed by atoms with Gasteiger partial charge in [0.05, 0.1) is 13.7 Å². The van der Waals surface area contributed by atoms with Gasteiger partial charge in [-0.25, -0.2) is 0 Å². The Balaban J connectivity index is 2.09. The summed E-state index contributed by atoms with van der Waals surface area (Å²) in [5, 5.41) is 12.0. The fourth-order valence-electron chi connectivity index (χ4n) is 1.88. The molecule has 0 aromatic heterocycles. The SMILES string of the molecule is COc1cccc(N)c1C(=O)NCC1(CO)CC1. The van der Waals surface area contributed by atoms with E-state index in [1.807, 2.05) is 0 Å². The van der Waals surface area contributed by atoms with E-state index < -0.39 is 0 Å². The lowest BCUT2D eigenvalue weighted by Gasteiger charge is -2.15. The molecule has 0 spiro atoms. The number of carbonyl (C=O) groups is 1. The van der Waals surface area contributed by atoms with Crippen molar-refractivity contribution in [1.29, 1.82) is 0 Å². The lowest BCUT2D eigenvalue weighted by molar-refractivity contribution is 0.0933. The molecule has 0 bridgehead atoms. The van der Waals surface area contributed by atoms with Gasteiger partial charge in [0.1, 0.15) is 11.3 Å². The standard InChI is InChI=1S/C13H18N2O3/c1-18-10-4-2-3-9(14)11(10)12(17)15-7-13(8-16)5-6-13/h2-4,16H,5-8,14H2,1H3,(H,15,17). The summed E-state index contributed by atoms with van der Waals surface area (Å²) in [6.45, 7) is 0.578. The Hall–Kier alpha value is -1.75. The minimum atomic E-state index is -0.260. The zero-order chi connectivity index (χ0) is 13.2. The average Bonchev–Trinajstić information content (AvgIpc) is 3.16. The fraction of sp³-hybridized carbons (Fsp3) is 0.462. The highest BCUT2D eigenvalue weighted by atomic mass is 16.5. The van der Waals surface area contributed by atoms with E-state index in [4.69, 9.17) is 10.5 Å². The lowest BCUT2D eigenvalue weighted by atomic mass is 10.1. The molecule has 1 aromatic carbocycles. The normalized spacial score (nSPS) is 16.1. The summed E-state index contributed by atoms with van der Waals surface area (Å²) in [5.74, 6) is 0.200. The Kier molecular flexibility index (Phi) is 3.43. The molecule has 98 valence electrons. The van der Waals surface area contributed by atoms with Crippen molar-refractivity contribution in [3.05, 3.63) is 23.8 Å². The van der Waals surface area contributed by atoms with Crippen LogP contribution in [0.25, 0.3) is 0 Å². The summed E-state index contributed by atoms with van der Waals surface area (Å²) in [6, 6.07) is 5.10. The van der Waals surface area contributed by atoms with Gasteiger partial charge < -0.3 is 20.9 Å². The molecule has 0 atom stereocenters. The molecular weight excluding hydrogens is 232 g/mol. The number of aliphatic hydroxyl groups is 1. The minimum Gasteiger partial charge on any atom is -0.496 e. The number of nitrogens with two attached hydrogens (primary N) is 1. The van der Waals surface area contributed by atoms with Crippen molar-refractivity contribution < 1.29 is 14.6 Å². The second-order valence-corrected chi connectivity index (χ2v) is 4.77. The summed E-state index contributed by atoms with van der Waals surface area (Å²) in [5.41, 5.74) is 6.42. The topological polar surface area (TPSA) is 84.6 Å². The molecule has 0 radical (unpaired) electrons. The molecule has 1 aliphatic carbocycles. The highest BCUT2D eigenvalue weighted by Crippen LogP contribution is 2.44. The first kappa shape index (κ1) is 12.7. The monoisotopic (exact) mass is 250 g/mol.